The second-order valence-corrected chi connectivity index (χ2v) is 8.91. The third kappa shape index (κ3) is 3.48. The predicted molar refractivity (Wildman–Crippen MR) is 139 cm³/mol. The van der Waals surface area contributed by atoms with Crippen LogP contribution in [0.25, 0.3) is 11.8 Å². The van der Waals surface area contributed by atoms with Gasteiger partial charge in [0.25, 0.3) is 0 Å². The van der Waals surface area contributed by atoms with Gasteiger partial charge in [0.1, 0.15) is 0 Å². The van der Waals surface area contributed by atoms with E-state index >= 15 is 0 Å². The van der Waals surface area contributed by atoms with Gasteiger partial charge in [-0.3, -0.25) is 4.79 Å². The van der Waals surface area contributed by atoms with Crippen LogP contribution in [0.1, 0.15) is 11.6 Å². The molecule has 0 N–H and O–H groups in total. The molecule has 6 rings (SSSR count). The normalized spacial score (nSPS) is 20.9. The van der Waals surface area contributed by atoms with Gasteiger partial charge < -0.3 is 4.90 Å². The summed E-state index contributed by atoms with van der Waals surface area (Å²) in [7, 11) is 0. The zero-order valence-corrected chi connectivity index (χ0v) is 19.4. The fourth-order valence-electron chi connectivity index (χ4n) is 5.15. The number of anilines is 1. The van der Waals surface area contributed by atoms with Crippen LogP contribution in [0.2, 0.25) is 0 Å². The van der Waals surface area contributed by atoms with E-state index in [1.165, 1.54) is 13.9 Å². The summed E-state index contributed by atoms with van der Waals surface area (Å²) in [5, 5.41) is 0. The topological polar surface area (TPSA) is 69.2 Å². The number of allylic oxidation sites excluding steroid dienone is 2. The van der Waals surface area contributed by atoms with Crippen LogP contribution in [0.4, 0.5) is 5.69 Å². The average Bonchev–Trinajstić information content (AvgIpc) is 3.18. The third-order valence-electron chi connectivity index (χ3n) is 6.84. The Morgan fingerprint density at radius 1 is 0.722 bits per heavy atom. The number of β-lactam (4-membered cyclic amide) rings is 1. The van der Waals surface area contributed by atoms with E-state index in [0.29, 0.717) is 5.69 Å². The minimum Gasteiger partial charge on any atom is -0.304 e. The molecule has 4 aromatic rings. The summed E-state index contributed by atoms with van der Waals surface area (Å²) in [4.78, 5) is 42.2. The van der Waals surface area contributed by atoms with Gasteiger partial charge in [0.05, 0.1) is 30.2 Å². The molecule has 0 radical (unpaired) electrons. The molecule has 0 unspecified atom stereocenters. The van der Waals surface area contributed by atoms with Crippen molar-refractivity contribution in [1.29, 1.82) is 0 Å². The Morgan fingerprint density at radius 3 is 2.00 bits per heavy atom. The highest BCUT2D eigenvalue weighted by atomic mass is 16.2. The molecule has 2 aliphatic rings. The standard InChI is InChI=1S/C29H24N4O3/c34-27-26(24(19-18-21-11-4-1-5-12-21)31(27)22-13-6-2-7-14-22)25-17-10-20-30-28(35)32(29(36)33(25)30)23-15-8-3-9-16-23/h1-19,24-26H,20H2/b19-18+/t24-,25-,26+/m1/s1. The number of hydrogen-bond donors (Lipinski definition) is 0. The molecule has 36 heavy (non-hydrogen) atoms. The Balaban J connectivity index is 1.44. The van der Waals surface area contributed by atoms with E-state index in [4.69, 9.17) is 0 Å². The van der Waals surface area contributed by atoms with Crippen LogP contribution in [0.3, 0.4) is 0 Å². The molecule has 1 fully saturated rings. The molecule has 0 saturated carbocycles. The van der Waals surface area contributed by atoms with Crippen LogP contribution >= 0.6 is 0 Å². The first kappa shape index (κ1) is 21.9. The molecule has 0 bridgehead atoms. The maximum absolute atomic E-state index is 13.6. The minimum absolute atomic E-state index is 0.0844. The van der Waals surface area contributed by atoms with Crippen LogP contribution in [0, 0.1) is 5.92 Å². The lowest BCUT2D eigenvalue weighted by molar-refractivity contribution is -0.130. The average molecular weight is 477 g/mol. The zero-order valence-electron chi connectivity index (χ0n) is 19.4. The van der Waals surface area contributed by atoms with E-state index in [1.54, 1.807) is 29.2 Å². The van der Waals surface area contributed by atoms with Crippen molar-refractivity contribution in [1.82, 2.24) is 13.9 Å². The fraction of sp³-hybridized carbons (Fsp3) is 0.138. The van der Waals surface area contributed by atoms with Gasteiger partial charge in [0.2, 0.25) is 5.91 Å². The van der Waals surface area contributed by atoms with E-state index in [-0.39, 0.29) is 18.5 Å². The number of para-hydroxylation sites is 2. The monoisotopic (exact) mass is 476 g/mol. The maximum Gasteiger partial charge on any atom is 0.352 e. The van der Waals surface area contributed by atoms with Crippen molar-refractivity contribution in [3.8, 4) is 5.69 Å². The molecule has 7 heteroatoms. The summed E-state index contributed by atoms with van der Waals surface area (Å²) in [5.74, 6) is -0.615. The zero-order chi connectivity index (χ0) is 24.6. The van der Waals surface area contributed by atoms with E-state index < -0.39 is 23.3 Å². The number of fused-ring (bicyclic) bond motifs is 1. The summed E-state index contributed by atoms with van der Waals surface area (Å²) in [6.07, 6.45) is 7.75. The highest BCUT2D eigenvalue weighted by Crippen LogP contribution is 2.41. The van der Waals surface area contributed by atoms with Crippen LogP contribution in [-0.2, 0) is 11.3 Å². The third-order valence-corrected chi connectivity index (χ3v) is 6.84. The quantitative estimate of drug-likeness (QED) is 0.326. The first-order chi connectivity index (χ1) is 17.6. The van der Waals surface area contributed by atoms with Gasteiger partial charge in [-0.05, 0) is 29.8 Å². The first-order valence-corrected chi connectivity index (χ1v) is 11.9. The molecule has 7 nitrogen and oxygen atoms in total. The summed E-state index contributed by atoms with van der Waals surface area (Å²) >= 11 is 0. The van der Waals surface area contributed by atoms with Crippen molar-refractivity contribution < 1.29 is 4.79 Å². The number of carbonyl (C=O) groups is 1. The number of nitrogens with zero attached hydrogens (tertiary/aromatic N) is 4. The number of amides is 1. The highest BCUT2D eigenvalue weighted by Gasteiger charge is 2.52. The van der Waals surface area contributed by atoms with Crippen molar-refractivity contribution in [2.75, 3.05) is 4.90 Å². The van der Waals surface area contributed by atoms with Crippen molar-refractivity contribution in [2.45, 2.75) is 18.6 Å². The van der Waals surface area contributed by atoms with E-state index in [9.17, 15) is 14.4 Å². The van der Waals surface area contributed by atoms with Crippen LogP contribution < -0.4 is 16.3 Å². The largest absolute Gasteiger partial charge is 0.352 e. The fourth-order valence-corrected chi connectivity index (χ4v) is 5.15. The molecule has 1 amide bonds. The van der Waals surface area contributed by atoms with Crippen LogP contribution in [0.15, 0.2) is 119 Å². The highest BCUT2D eigenvalue weighted by molar-refractivity contribution is 6.04. The summed E-state index contributed by atoms with van der Waals surface area (Å²) in [6.45, 7) is 0.276. The number of benzene rings is 3. The van der Waals surface area contributed by atoms with Gasteiger partial charge >= 0.3 is 11.4 Å². The van der Waals surface area contributed by atoms with Crippen molar-refractivity contribution in [2.24, 2.45) is 5.92 Å². The number of aromatic nitrogens is 3. The molecular formula is C29H24N4O3. The molecule has 0 spiro atoms. The molecule has 1 aromatic heterocycles. The molecule has 1 saturated heterocycles. The van der Waals surface area contributed by atoms with Gasteiger partial charge in [-0.1, -0.05) is 91.0 Å². The molecule has 0 aliphatic carbocycles. The first-order valence-electron chi connectivity index (χ1n) is 11.9. The lowest BCUT2D eigenvalue weighted by Gasteiger charge is -2.48. The number of carbonyl (C=O) groups excluding carboxylic acids is 1. The van der Waals surface area contributed by atoms with Crippen LogP contribution in [0.5, 0.6) is 0 Å². The molecule has 3 aromatic carbocycles. The Hall–Kier alpha value is -4.65. The minimum atomic E-state index is -0.582. The second-order valence-electron chi connectivity index (χ2n) is 8.91. The Kier molecular flexibility index (Phi) is 5.37. The van der Waals surface area contributed by atoms with Crippen molar-refractivity contribution >= 4 is 17.7 Å². The van der Waals surface area contributed by atoms with Crippen molar-refractivity contribution in [3.63, 3.8) is 0 Å². The van der Waals surface area contributed by atoms with E-state index in [1.807, 2.05) is 91.0 Å². The molecule has 3 heterocycles. The molecule has 2 aliphatic heterocycles. The van der Waals surface area contributed by atoms with Gasteiger partial charge in [-0.15, -0.1) is 0 Å². The molecule has 178 valence electrons. The number of hydrogen-bond acceptors (Lipinski definition) is 3. The SMILES string of the molecule is O=C1[C@H]([C@H]2C=CCn3c(=O)n(-c4ccccc4)c(=O)n32)[C@@H](/C=C/c2ccccc2)N1c1ccccc1. The Bertz CT molecular complexity index is 1580. The lowest BCUT2D eigenvalue weighted by Crippen LogP contribution is -2.63. The van der Waals surface area contributed by atoms with E-state index in [0.717, 1.165) is 11.3 Å². The summed E-state index contributed by atoms with van der Waals surface area (Å²) in [5.41, 5.74) is 1.47. The summed E-state index contributed by atoms with van der Waals surface area (Å²) in [6, 6.07) is 27.4. The van der Waals surface area contributed by atoms with Gasteiger partial charge in [-0.25, -0.2) is 23.5 Å². The Morgan fingerprint density at radius 2 is 1.33 bits per heavy atom. The molecular weight excluding hydrogens is 452 g/mol. The second kappa shape index (κ2) is 8.85. The lowest BCUT2D eigenvalue weighted by atomic mass is 9.79. The van der Waals surface area contributed by atoms with E-state index in [2.05, 4.69) is 0 Å². The van der Waals surface area contributed by atoms with Crippen LogP contribution in [-0.4, -0.2) is 25.9 Å². The van der Waals surface area contributed by atoms with Gasteiger partial charge in [-0.2, -0.15) is 0 Å². The summed E-state index contributed by atoms with van der Waals surface area (Å²) < 4.78 is 4.05. The van der Waals surface area contributed by atoms with Crippen molar-refractivity contribution in [3.05, 3.63) is 136 Å². The maximum atomic E-state index is 13.6. The number of rotatable bonds is 5. The Labute approximate surface area is 207 Å². The predicted octanol–water partition coefficient (Wildman–Crippen LogP) is 3.66. The van der Waals surface area contributed by atoms with Gasteiger partial charge in [0, 0.05) is 5.69 Å². The smallest absolute Gasteiger partial charge is 0.304 e. The molecule has 3 atom stereocenters. The van der Waals surface area contributed by atoms with Gasteiger partial charge in [0.15, 0.2) is 0 Å².